The number of benzene rings is 2. The minimum Gasteiger partial charge on any atom is -0.491 e. The Hall–Kier alpha value is -4.11. The number of nitrogens with zero attached hydrogens (tertiary/aromatic N) is 2. The van der Waals surface area contributed by atoms with Crippen LogP contribution < -0.4 is 26.6 Å². The van der Waals surface area contributed by atoms with Gasteiger partial charge in [0.1, 0.15) is 19.2 Å². The zero-order chi connectivity index (χ0) is 28.1. The highest BCUT2D eigenvalue weighted by Crippen LogP contribution is 2.22. The molecule has 4 N–H and O–H groups in total. The molecule has 2 aromatic heterocycles. The van der Waals surface area contributed by atoms with Crippen molar-refractivity contribution < 1.29 is 14.3 Å². The molecule has 0 unspecified atom stereocenters. The van der Waals surface area contributed by atoms with Gasteiger partial charge in [0.25, 0.3) is 5.91 Å². The largest absolute Gasteiger partial charge is 0.491 e. The lowest BCUT2D eigenvalue weighted by Crippen LogP contribution is -2.48. The lowest BCUT2D eigenvalue weighted by atomic mass is 9.98. The van der Waals surface area contributed by atoms with Gasteiger partial charge in [-0.2, -0.15) is 0 Å². The molecule has 2 amide bonds. The number of pyridine rings is 1. The lowest BCUT2D eigenvalue weighted by molar-refractivity contribution is -0.122. The van der Waals surface area contributed by atoms with E-state index in [1.807, 2.05) is 80.0 Å². The number of carbonyl (C=O) groups excluding carboxylic acids is 2. The van der Waals surface area contributed by atoms with Gasteiger partial charge in [0.2, 0.25) is 5.91 Å². The van der Waals surface area contributed by atoms with Crippen LogP contribution in [0, 0.1) is 6.92 Å². The molecule has 2 heterocycles. The predicted octanol–water partition coefficient (Wildman–Crippen LogP) is 2.70. The van der Waals surface area contributed by atoms with Crippen molar-refractivity contribution in [2.24, 2.45) is 5.73 Å². The first-order valence-corrected chi connectivity index (χ1v) is 13.0. The van der Waals surface area contributed by atoms with Gasteiger partial charge in [-0.1, -0.05) is 35.8 Å². The fourth-order valence-corrected chi connectivity index (χ4v) is 4.27. The van der Waals surface area contributed by atoms with Crippen molar-refractivity contribution in [3.05, 3.63) is 83.7 Å². The quantitative estimate of drug-likeness (QED) is 0.277. The Bertz CT molecular complexity index is 1460. The number of ether oxygens (including phenoxy) is 1. The molecule has 200 valence electrons. The van der Waals surface area contributed by atoms with Crippen LogP contribution in [-0.4, -0.2) is 53.8 Å². The maximum atomic E-state index is 13.2. The fraction of sp³-hybridized carbons (Fsp3) is 0.300. The monoisotopic (exact) mass is 523 g/mol. The van der Waals surface area contributed by atoms with Gasteiger partial charge in [0.05, 0.1) is 23.9 Å². The van der Waals surface area contributed by atoms with Gasteiger partial charge in [-0.3, -0.25) is 9.59 Å². The van der Waals surface area contributed by atoms with Crippen LogP contribution in [0.3, 0.4) is 0 Å². The number of imidazole rings is 1. The van der Waals surface area contributed by atoms with Crippen molar-refractivity contribution in [3.8, 4) is 17.0 Å². The molecule has 0 fully saturated rings. The number of hydrogen-bond donors (Lipinski definition) is 3. The summed E-state index contributed by atoms with van der Waals surface area (Å²) in [5.74, 6) is 0.241. The highest BCUT2D eigenvalue weighted by atomic mass is 16.5. The average molecular weight is 523 g/mol. The van der Waals surface area contributed by atoms with E-state index in [0.29, 0.717) is 23.1 Å². The van der Waals surface area contributed by atoms with Crippen LogP contribution in [0.15, 0.2) is 67.0 Å². The van der Waals surface area contributed by atoms with Crippen molar-refractivity contribution >= 4 is 30.8 Å². The van der Waals surface area contributed by atoms with Crippen molar-refractivity contribution in [1.82, 2.24) is 20.0 Å². The first kappa shape index (κ1) is 27.9. The minimum atomic E-state index is -0.642. The van der Waals surface area contributed by atoms with Gasteiger partial charge in [0.15, 0.2) is 0 Å². The van der Waals surface area contributed by atoms with Crippen molar-refractivity contribution in [2.75, 3.05) is 6.54 Å². The zero-order valence-corrected chi connectivity index (χ0v) is 22.8. The number of nitrogens with two attached hydrogens (primary N) is 1. The summed E-state index contributed by atoms with van der Waals surface area (Å²) in [6, 6.07) is 16.0. The van der Waals surface area contributed by atoms with Gasteiger partial charge in [-0.25, -0.2) is 4.98 Å². The molecular weight excluding hydrogens is 489 g/mol. The molecule has 9 heteroatoms. The molecule has 0 aliphatic rings. The summed E-state index contributed by atoms with van der Waals surface area (Å²) >= 11 is 0. The number of aryl methyl sites for hydroxylation is 1. The van der Waals surface area contributed by atoms with Crippen LogP contribution in [0.2, 0.25) is 0 Å². The van der Waals surface area contributed by atoms with Crippen LogP contribution in [-0.2, 0) is 11.2 Å². The van der Waals surface area contributed by atoms with Crippen LogP contribution in [0.4, 0.5) is 0 Å². The van der Waals surface area contributed by atoms with Crippen LogP contribution in [0.1, 0.15) is 42.3 Å². The number of nitrogens with one attached hydrogen (secondary N) is 2. The standard InChI is InChI=1S/C30H34BN5O3/c1-18(2)39-27-12-11-23(14-19(27)3)30(38)34-24(16-33-29(37)20(4)32)15-21-7-9-22(10-8-21)26-17-36-13-5-6-25(31)28(36)35-26/h5-14,17-18,20,24H,15-16,32H2,1-4H3,(H,33,37)(H,34,38)/t20-,24-/m0/s1. The van der Waals surface area contributed by atoms with Gasteiger partial charge in [-0.05, 0) is 69.5 Å². The molecule has 2 atom stereocenters. The summed E-state index contributed by atoms with van der Waals surface area (Å²) < 4.78 is 7.69. The summed E-state index contributed by atoms with van der Waals surface area (Å²) in [5.41, 5.74) is 11.2. The number of carbonyl (C=O) groups is 2. The molecule has 0 saturated carbocycles. The van der Waals surface area contributed by atoms with Crippen LogP contribution >= 0.6 is 0 Å². The third-order valence-electron chi connectivity index (χ3n) is 6.32. The molecule has 0 spiro atoms. The molecular formula is C30H34BN5O3. The second-order valence-corrected chi connectivity index (χ2v) is 10.1. The molecule has 2 radical (unpaired) electrons. The summed E-state index contributed by atoms with van der Waals surface area (Å²) in [6.07, 6.45) is 4.40. The fourth-order valence-electron chi connectivity index (χ4n) is 4.27. The first-order valence-electron chi connectivity index (χ1n) is 13.0. The maximum absolute atomic E-state index is 13.2. The number of aromatic nitrogens is 2. The molecule has 0 saturated heterocycles. The molecule has 8 nitrogen and oxygen atoms in total. The molecule has 0 aliphatic heterocycles. The Balaban J connectivity index is 1.49. The normalized spacial score (nSPS) is 12.8. The first-order chi connectivity index (χ1) is 18.6. The van der Waals surface area contributed by atoms with E-state index >= 15 is 0 Å². The summed E-state index contributed by atoms with van der Waals surface area (Å²) in [6.45, 7) is 7.70. The van der Waals surface area contributed by atoms with Crippen molar-refractivity contribution in [1.29, 1.82) is 0 Å². The zero-order valence-electron chi connectivity index (χ0n) is 22.8. The molecule has 4 rings (SSSR count). The smallest absolute Gasteiger partial charge is 0.251 e. The van der Waals surface area contributed by atoms with Crippen LogP contribution in [0.25, 0.3) is 16.9 Å². The van der Waals surface area contributed by atoms with E-state index in [9.17, 15) is 9.59 Å². The molecule has 39 heavy (non-hydrogen) atoms. The number of fused-ring (bicyclic) bond motifs is 1. The number of amides is 2. The Morgan fingerprint density at radius 1 is 1.10 bits per heavy atom. The maximum Gasteiger partial charge on any atom is 0.251 e. The van der Waals surface area contributed by atoms with E-state index in [1.54, 1.807) is 19.1 Å². The van der Waals surface area contributed by atoms with Gasteiger partial charge < -0.3 is 25.5 Å². The second-order valence-electron chi connectivity index (χ2n) is 10.1. The Morgan fingerprint density at radius 3 is 2.49 bits per heavy atom. The van der Waals surface area contributed by atoms with Crippen molar-refractivity contribution in [2.45, 2.75) is 52.3 Å². The van der Waals surface area contributed by atoms with E-state index < -0.39 is 6.04 Å². The summed E-state index contributed by atoms with van der Waals surface area (Å²) in [7, 11) is 6.05. The molecule has 0 aliphatic carbocycles. The highest BCUT2D eigenvalue weighted by Gasteiger charge is 2.18. The molecule has 2 aromatic carbocycles. The van der Waals surface area contributed by atoms with E-state index in [0.717, 1.165) is 28.1 Å². The third kappa shape index (κ3) is 7.06. The second kappa shape index (κ2) is 12.2. The van der Waals surface area contributed by atoms with Crippen molar-refractivity contribution in [3.63, 3.8) is 0 Å². The van der Waals surface area contributed by atoms with Crippen LogP contribution in [0.5, 0.6) is 5.75 Å². The molecule has 4 aromatic rings. The Morgan fingerprint density at radius 2 is 1.85 bits per heavy atom. The van der Waals surface area contributed by atoms with Gasteiger partial charge >= 0.3 is 0 Å². The SMILES string of the molecule is [B]c1cccn2cc(-c3ccc(C[C@@H](CNC(=O)[C@H](C)N)NC(=O)c4ccc(OC(C)C)c(C)c4)cc3)nc12. The minimum absolute atomic E-state index is 0.0403. The molecule has 0 bridgehead atoms. The van der Waals surface area contributed by atoms with E-state index in [4.69, 9.17) is 18.3 Å². The summed E-state index contributed by atoms with van der Waals surface area (Å²) in [4.78, 5) is 29.9. The van der Waals surface area contributed by atoms with E-state index in [-0.39, 0.29) is 30.5 Å². The topological polar surface area (TPSA) is 111 Å². The lowest BCUT2D eigenvalue weighted by Gasteiger charge is -2.21. The highest BCUT2D eigenvalue weighted by molar-refractivity contribution is 6.36. The van der Waals surface area contributed by atoms with E-state index in [2.05, 4.69) is 15.6 Å². The van der Waals surface area contributed by atoms with E-state index in [1.165, 1.54) is 0 Å². The Kier molecular flexibility index (Phi) is 8.71. The third-order valence-corrected chi connectivity index (χ3v) is 6.32. The Labute approximate surface area is 230 Å². The van der Waals surface area contributed by atoms with Gasteiger partial charge in [0, 0.05) is 30.1 Å². The average Bonchev–Trinajstić information content (AvgIpc) is 3.34. The number of hydrogen-bond acceptors (Lipinski definition) is 5. The van der Waals surface area contributed by atoms with Gasteiger partial charge in [-0.15, -0.1) is 0 Å². The summed E-state index contributed by atoms with van der Waals surface area (Å²) in [5, 5.41) is 5.90. The number of rotatable bonds is 10. The predicted molar refractivity (Wildman–Crippen MR) is 155 cm³/mol.